The molecule has 0 saturated carbocycles. The topological polar surface area (TPSA) is 50.7 Å². The van der Waals surface area contributed by atoms with Crippen LogP contribution < -0.4 is 10.1 Å². The van der Waals surface area contributed by atoms with Gasteiger partial charge in [-0.3, -0.25) is 4.79 Å². The van der Waals surface area contributed by atoms with Crippen LogP contribution in [0, 0.1) is 11.3 Å². The number of para-hydroxylation sites is 1. The molecule has 5 rings (SSSR count). The van der Waals surface area contributed by atoms with Gasteiger partial charge in [0.05, 0.1) is 12.2 Å². The van der Waals surface area contributed by atoms with Crippen molar-refractivity contribution in [1.29, 1.82) is 0 Å². The van der Waals surface area contributed by atoms with Crippen molar-refractivity contribution in [2.75, 3.05) is 11.9 Å². The van der Waals surface area contributed by atoms with E-state index in [1.165, 1.54) is 10.4 Å². The normalized spacial score (nSPS) is 15.4. The van der Waals surface area contributed by atoms with Gasteiger partial charge in [0.1, 0.15) is 10.8 Å². The van der Waals surface area contributed by atoms with Gasteiger partial charge in [-0.1, -0.05) is 82.6 Å². The molecule has 0 unspecified atom stereocenters. The summed E-state index contributed by atoms with van der Waals surface area (Å²) in [5.74, 6) is 1.33. The molecule has 0 fully saturated rings. The lowest BCUT2D eigenvalue weighted by molar-refractivity contribution is 0.102. The van der Waals surface area contributed by atoms with Crippen LogP contribution in [0.3, 0.4) is 0 Å². The van der Waals surface area contributed by atoms with Crippen molar-refractivity contribution >= 4 is 44.9 Å². The molecule has 1 N–H and O–H groups in total. The summed E-state index contributed by atoms with van der Waals surface area (Å²) in [5.41, 5.74) is 3.86. The van der Waals surface area contributed by atoms with Crippen LogP contribution >= 0.6 is 11.3 Å². The summed E-state index contributed by atoms with van der Waals surface area (Å²) in [4.78, 5) is 20.0. The van der Waals surface area contributed by atoms with Crippen LogP contribution in [0.4, 0.5) is 10.7 Å². The summed E-state index contributed by atoms with van der Waals surface area (Å²) in [6.07, 6.45) is 6.96. The third-order valence-electron chi connectivity index (χ3n) is 7.73. The number of carbonyl (C=O) groups excluding carboxylic acids is 1. The first-order chi connectivity index (χ1) is 18.8. The molecule has 1 atom stereocenters. The van der Waals surface area contributed by atoms with Crippen molar-refractivity contribution in [1.82, 2.24) is 0 Å². The number of rotatable bonds is 8. The number of nitrogens with zero attached hydrogens (tertiary/aromatic N) is 1. The van der Waals surface area contributed by atoms with Crippen molar-refractivity contribution in [3.63, 3.8) is 0 Å². The zero-order chi connectivity index (χ0) is 27.4. The highest BCUT2D eigenvalue weighted by Crippen LogP contribution is 2.45. The molecule has 1 amide bonds. The van der Waals surface area contributed by atoms with Gasteiger partial charge in [-0.2, -0.15) is 0 Å². The molecule has 4 nitrogen and oxygen atoms in total. The fraction of sp³-hybridized carbons (Fsp3) is 0.353. The number of fused-ring (bicyclic) bond motifs is 2. The molecular weight excluding hydrogens is 500 g/mol. The smallest absolute Gasteiger partial charge is 0.259 e. The molecule has 1 heterocycles. The number of hydrogen-bond donors (Lipinski definition) is 1. The third kappa shape index (κ3) is 6.09. The number of amides is 1. The van der Waals surface area contributed by atoms with Crippen LogP contribution in [-0.2, 0) is 12.8 Å². The lowest BCUT2D eigenvalue weighted by Gasteiger charge is -2.33. The molecule has 1 aliphatic carbocycles. The predicted octanol–water partition coefficient (Wildman–Crippen LogP) is 9.23. The summed E-state index contributed by atoms with van der Waals surface area (Å²) in [6, 6.07) is 22.1. The second-order valence-electron chi connectivity index (χ2n) is 11.5. The summed E-state index contributed by atoms with van der Waals surface area (Å²) >= 11 is 1.67. The molecule has 4 aromatic rings. The van der Waals surface area contributed by atoms with Crippen LogP contribution in [0.15, 0.2) is 71.7 Å². The van der Waals surface area contributed by atoms with E-state index in [4.69, 9.17) is 9.73 Å². The summed E-state index contributed by atoms with van der Waals surface area (Å²) in [5, 5.41) is 6.13. The Morgan fingerprint density at radius 1 is 1.08 bits per heavy atom. The highest BCUT2D eigenvalue weighted by atomic mass is 32.1. The number of benzene rings is 3. The third-order valence-corrected chi connectivity index (χ3v) is 8.89. The average Bonchev–Trinajstić information content (AvgIpc) is 3.30. The number of aliphatic imine (C=N–C) groups is 1. The summed E-state index contributed by atoms with van der Waals surface area (Å²) < 4.78 is 6.20. The van der Waals surface area contributed by atoms with Gasteiger partial charge >= 0.3 is 0 Å². The molecule has 5 heteroatoms. The van der Waals surface area contributed by atoms with Crippen molar-refractivity contribution < 1.29 is 9.53 Å². The fourth-order valence-corrected chi connectivity index (χ4v) is 6.60. The van der Waals surface area contributed by atoms with Gasteiger partial charge < -0.3 is 10.1 Å². The molecule has 1 aliphatic rings. The van der Waals surface area contributed by atoms with Crippen LogP contribution in [0.25, 0.3) is 10.8 Å². The number of thiophene rings is 1. The van der Waals surface area contributed by atoms with Crippen molar-refractivity contribution in [2.45, 2.75) is 59.8 Å². The first kappa shape index (κ1) is 27.1. The van der Waals surface area contributed by atoms with Crippen LogP contribution in [0.1, 0.15) is 73.3 Å². The van der Waals surface area contributed by atoms with Crippen molar-refractivity contribution in [3.05, 3.63) is 88.3 Å². The van der Waals surface area contributed by atoms with E-state index in [-0.39, 0.29) is 11.3 Å². The van der Waals surface area contributed by atoms with Gasteiger partial charge in [0, 0.05) is 22.3 Å². The number of carbonyl (C=O) groups is 1. The second-order valence-corrected chi connectivity index (χ2v) is 12.6. The number of anilines is 1. The fourth-order valence-electron chi connectivity index (χ4n) is 5.34. The minimum absolute atomic E-state index is 0.0857. The van der Waals surface area contributed by atoms with Crippen molar-refractivity contribution in [3.8, 4) is 5.75 Å². The molecule has 1 aromatic heterocycles. The maximum atomic E-state index is 13.7. The Bertz CT molecular complexity index is 1480. The van der Waals surface area contributed by atoms with Crippen molar-refractivity contribution in [2.24, 2.45) is 16.3 Å². The molecule has 202 valence electrons. The summed E-state index contributed by atoms with van der Waals surface area (Å²) in [7, 11) is 0. The standard InChI is InChI=1S/C34H38N2O2S/c1-5-6-20-38-29-19-16-23-12-10-11-15-26(23)28(29)22-35-33-31(32(37)36-25-13-8-7-9-14-25)27-18-17-24(34(2,3)4)21-30(27)39-33/h7-16,19,22,24H,5-6,17-18,20-21H2,1-4H3,(H,36,37)/t24-/m1/s1. The first-order valence-electron chi connectivity index (χ1n) is 14.0. The van der Waals surface area contributed by atoms with E-state index in [0.29, 0.717) is 12.5 Å². The molecule has 0 bridgehead atoms. The SMILES string of the molecule is CCCCOc1ccc2ccccc2c1C=Nc1sc2c(c1C(=O)Nc1ccccc1)CC[C@@H](C(C)(C)C)C2. The van der Waals surface area contributed by atoms with E-state index in [0.717, 1.165) is 70.4 Å². The molecule has 0 saturated heterocycles. The lowest BCUT2D eigenvalue weighted by Crippen LogP contribution is -2.27. The predicted molar refractivity (Wildman–Crippen MR) is 165 cm³/mol. The Morgan fingerprint density at radius 3 is 2.62 bits per heavy atom. The monoisotopic (exact) mass is 538 g/mol. The van der Waals surface area contributed by atoms with E-state index in [2.05, 4.69) is 51.2 Å². The minimum atomic E-state index is -0.0857. The number of ether oxygens (including phenoxy) is 1. The maximum Gasteiger partial charge on any atom is 0.259 e. The Hall–Kier alpha value is -3.44. The van der Waals surface area contributed by atoms with E-state index < -0.39 is 0 Å². The largest absolute Gasteiger partial charge is 0.493 e. The Balaban J connectivity index is 1.56. The van der Waals surface area contributed by atoms with Gasteiger partial charge in [-0.25, -0.2) is 4.99 Å². The average molecular weight is 539 g/mol. The van der Waals surface area contributed by atoms with E-state index in [9.17, 15) is 4.79 Å². The maximum absolute atomic E-state index is 13.7. The minimum Gasteiger partial charge on any atom is -0.493 e. The molecule has 0 spiro atoms. The molecule has 0 aliphatic heterocycles. The zero-order valence-corrected chi connectivity index (χ0v) is 24.2. The molecular formula is C34H38N2O2S. The number of unbranched alkanes of at least 4 members (excludes halogenated alkanes) is 1. The van der Waals surface area contributed by atoms with Crippen LogP contribution in [0.5, 0.6) is 5.75 Å². The van der Waals surface area contributed by atoms with Crippen LogP contribution in [0.2, 0.25) is 0 Å². The zero-order valence-electron chi connectivity index (χ0n) is 23.4. The Labute approximate surface area is 236 Å². The molecule has 3 aromatic carbocycles. The Kier molecular flexibility index (Phi) is 8.18. The number of hydrogen-bond acceptors (Lipinski definition) is 4. The molecule has 39 heavy (non-hydrogen) atoms. The van der Waals surface area contributed by atoms with E-state index in [1.54, 1.807) is 11.3 Å². The Morgan fingerprint density at radius 2 is 1.85 bits per heavy atom. The highest BCUT2D eigenvalue weighted by molar-refractivity contribution is 7.16. The summed E-state index contributed by atoms with van der Waals surface area (Å²) in [6.45, 7) is 9.79. The van der Waals surface area contributed by atoms with E-state index >= 15 is 0 Å². The second kappa shape index (κ2) is 11.7. The van der Waals surface area contributed by atoms with Gasteiger partial charge in [-0.15, -0.1) is 11.3 Å². The van der Waals surface area contributed by atoms with Crippen LogP contribution in [-0.4, -0.2) is 18.7 Å². The lowest BCUT2D eigenvalue weighted by atomic mass is 9.72. The first-order valence-corrected chi connectivity index (χ1v) is 14.9. The van der Waals surface area contributed by atoms with E-state index in [1.807, 2.05) is 54.7 Å². The van der Waals surface area contributed by atoms with Gasteiger partial charge in [0.25, 0.3) is 5.91 Å². The van der Waals surface area contributed by atoms with Gasteiger partial charge in [0.2, 0.25) is 0 Å². The highest BCUT2D eigenvalue weighted by Gasteiger charge is 2.33. The van der Waals surface area contributed by atoms with Gasteiger partial charge in [-0.05, 0) is 71.6 Å². The quantitative estimate of drug-likeness (QED) is 0.180. The molecule has 0 radical (unpaired) electrons. The van der Waals surface area contributed by atoms with Gasteiger partial charge in [0.15, 0.2) is 0 Å². The number of nitrogens with one attached hydrogen (secondary N) is 1.